The van der Waals surface area contributed by atoms with E-state index in [9.17, 15) is 9.90 Å². The second-order valence-electron chi connectivity index (χ2n) is 4.88. The zero-order valence-electron chi connectivity index (χ0n) is 11.7. The molecule has 0 saturated carbocycles. The summed E-state index contributed by atoms with van der Waals surface area (Å²) < 4.78 is 5.16. The Morgan fingerprint density at radius 1 is 1.33 bits per heavy atom. The topological polar surface area (TPSA) is 62.7 Å². The predicted octanol–water partition coefficient (Wildman–Crippen LogP) is 2.17. The number of fused-ring (bicyclic) bond motifs is 1. The summed E-state index contributed by atoms with van der Waals surface area (Å²) in [6.45, 7) is 0.467. The van der Waals surface area contributed by atoms with Gasteiger partial charge in [-0.3, -0.25) is 4.79 Å². The van der Waals surface area contributed by atoms with E-state index in [1.807, 2.05) is 24.3 Å². The van der Waals surface area contributed by atoms with Crippen molar-refractivity contribution < 1.29 is 14.6 Å². The van der Waals surface area contributed by atoms with Gasteiger partial charge in [0.05, 0.1) is 13.2 Å². The highest BCUT2D eigenvalue weighted by molar-refractivity contribution is 6.08. The van der Waals surface area contributed by atoms with Crippen molar-refractivity contribution in [2.45, 2.75) is 12.5 Å². The number of pyridine rings is 1. The van der Waals surface area contributed by atoms with Gasteiger partial charge in [0, 0.05) is 24.0 Å². The molecule has 1 aliphatic rings. The maximum atomic E-state index is 12.8. The molecule has 2 heterocycles. The predicted molar refractivity (Wildman–Crippen MR) is 78.5 cm³/mol. The lowest BCUT2D eigenvalue weighted by Crippen LogP contribution is -2.37. The first-order chi connectivity index (χ1) is 10.2. The third-order valence-electron chi connectivity index (χ3n) is 3.65. The number of nitrogens with zero attached hydrogens (tertiary/aromatic N) is 2. The molecule has 0 spiro atoms. The Morgan fingerprint density at radius 3 is 2.95 bits per heavy atom. The van der Waals surface area contributed by atoms with Crippen LogP contribution in [0.4, 0.5) is 5.69 Å². The molecule has 5 heteroatoms. The summed E-state index contributed by atoms with van der Waals surface area (Å²) in [7, 11) is 1.49. The third kappa shape index (κ3) is 2.36. The van der Waals surface area contributed by atoms with Gasteiger partial charge >= 0.3 is 0 Å². The van der Waals surface area contributed by atoms with Crippen molar-refractivity contribution in [1.82, 2.24) is 4.98 Å². The molecule has 0 radical (unpaired) electrons. The molecule has 0 fully saturated rings. The molecule has 0 saturated heterocycles. The maximum absolute atomic E-state index is 12.8. The zero-order chi connectivity index (χ0) is 14.8. The van der Waals surface area contributed by atoms with E-state index in [0.717, 1.165) is 11.3 Å². The number of anilines is 1. The van der Waals surface area contributed by atoms with Crippen molar-refractivity contribution in [3.05, 3.63) is 53.7 Å². The Bertz CT molecular complexity index is 672. The van der Waals surface area contributed by atoms with Gasteiger partial charge in [-0.1, -0.05) is 18.2 Å². The molecule has 1 atom stereocenters. The fourth-order valence-electron chi connectivity index (χ4n) is 2.62. The molecule has 0 aliphatic carbocycles. The molecule has 5 nitrogen and oxygen atoms in total. The normalized spacial score (nSPS) is 17.2. The number of carbonyl (C=O) groups excluding carboxylic acids is 1. The number of rotatable bonds is 2. The largest absolute Gasteiger partial charge is 0.480 e. The van der Waals surface area contributed by atoms with Crippen LogP contribution >= 0.6 is 0 Å². The number of aliphatic hydroxyl groups excluding tert-OH is 1. The summed E-state index contributed by atoms with van der Waals surface area (Å²) in [6, 6.07) is 10.8. The Morgan fingerprint density at radius 2 is 2.14 bits per heavy atom. The highest BCUT2D eigenvalue weighted by Gasteiger charge is 2.29. The maximum Gasteiger partial charge on any atom is 0.263 e. The van der Waals surface area contributed by atoms with Gasteiger partial charge in [0.2, 0.25) is 5.88 Å². The fourth-order valence-corrected chi connectivity index (χ4v) is 2.62. The summed E-state index contributed by atoms with van der Waals surface area (Å²) in [5.41, 5.74) is 1.94. The number of aromatic nitrogens is 1. The Kier molecular flexibility index (Phi) is 3.58. The molecular formula is C16H16N2O3. The van der Waals surface area contributed by atoms with Crippen LogP contribution in [0.2, 0.25) is 0 Å². The molecule has 1 unspecified atom stereocenters. The summed E-state index contributed by atoms with van der Waals surface area (Å²) in [4.78, 5) is 18.5. The van der Waals surface area contributed by atoms with Crippen LogP contribution in [0.15, 0.2) is 42.6 Å². The van der Waals surface area contributed by atoms with E-state index in [1.54, 1.807) is 23.2 Å². The van der Waals surface area contributed by atoms with Gasteiger partial charge in [0.1, 0.15) is 5.56 Å². The molecule has 108 valence electrons. The minimum absolute atomic E-state index is 0.167. The van der Waals surface area contributed by atoms with Gasteiger partial charge < -0.3 is 14.7 Å². The van der Waals surface area contributed by atoms with Crippen LogP contribution in [-0.4, -0.2) is 29.7 Å². The van der Waals surface area contributed by atoms with E-state index in [2.05, 4.69) is 4.98 Å². The molecule has 21 heavy (non-hydrogen) atoms. The highest BCUT2D eigenvalue weighted by atomic mass is 16.5. The van der Waals surface area contributed by atoms with Gasteiger partial charge in [-0.15, -0.1) is 0 Å². The Labute approximate surface area is 122 Å². The number of aliphatic hydroxyl groups is 1. The molecule has 1 aromatic heterocycles. The molecule has 3 rings (SSSR count). The summed E-state index contributed by atoms with van der Waals surface area (Å²) in [5.74, 6) is 0.144. The highest BCUT2D eigenvalue weighted by Crippen LogP contribution is 2.34. The monoisotopic (exact) mass is 284 g/mol. The summed E-state index contributed by atoms with van der Waals surface area (Å²) >= 11 is 0. The third-order valence-corrected chi connectivity index (χ3v) is 3.65. The average molecular weight is 284 g/mol. The van der Waals surface area contributed by atoms with Gasteiger partial charge in [-0.25, -0.2) is 4.98 Å². The molecule has 1 aliphatic heterocycles. The lowest BCUT2D eigenvalue weighted by atomic mass is 9.98. The van der Waals surface area contributed by atoms with Crippen LogP contribution in [-0.2, 0) is 0 Å². The van der Waals surface area contributed by atoms with Crippen molar-refractivity contribution in [2.75, 3.05) is 18.6 Å². The average Bonchev–Trinajstić information content (AvgIpc) is 2.55. The van der Waals surface area contributed by atoms with Crippen LogP contribution in [0.5, 0.6) is 5.88 Å². The van der Waals surface area contributed by atoms with Crippen LogP contribution in [0.25, 0.3) is 0 Å². The SMILES string of the molecule is COc1ncccc1C(=O)N1CCC(O)c2ccccc21. The van der Waals surface area contributed by atoms with Crippen LogP contribution in [0, 0.1) is 0 Å². The molecule has 1 amide bonds. The lowest BCUT2D eigenvalue weighted by Gasteiger charge is -2.32. The van der Waals surface area contributed by atoms with Crippen molar-refractivity contribution in [2.24, 2.45) is 0 Å². The van der Waals surface area contributed by atoms with E-state index in [-0.39, 0.29) is 5.91 Å². The van der Waals surface area contributed by atoms with Crippen LogP contribution in [0.1, 0.15) is 28.4 Å². The van der Waals surface area contributed by atoms with E-state index in [0.29, 0.717) is 24.4 Å². The smallest absolute Gasteiger partial charge is 0.263 e. The number of carbonyl (C=O) groups is 1. The number of amides is 1. The van der Waals surface area contributed by atoms with E-state index in [1.165, 1.54) is 7.11 Å². The minimum Gasteiger partial charge on any atom is -0.480 e. The van der Waals surface area contributed by atoms with Gasteiger partial charge in [0.15, 0.2) is 0 Å². The molecule has 1 N–H and O–H groups in total. The van der Waals surface area contributed by atoms with Crippen molar-refractivity contribution in [3.63, 3.8) is 0 Å². The number of benzene rings is 1. The van der Waals surface area contributed by atoms with E-state index >= 15 is 0 Å². The quantitative estimate of drug-likeness (QED) is 0.918. The standard InChI is InChI=1S/C16H16N2O3/c1-21-15-12(6-4-9-17-15)16(20)18-10-8-14(19)11-5-2-3-7-13(11)18/h2-7,9,14,19H,8,10H2,1H3. The minimum atomic E-state index is -0.527. The van der Waals surface area contributed by atoms with Crippen molar-refractivity contribution in [3.8, 4) is 5.88 Å². The summed E-state index contributed by atoms with van der Waals surface area (Å²) in [6.07, 6.45) is 1.58. The fraction of sp³-hybridized carbons (Fsp3) is 0.250. The first-order valence-corrected chi connectivity index (χ1v) is 6.80. The van der Waals surface area contributed by atoms with Crippen LogP contribution < -0.4 is 9.64 Å². The number of hydrogen-bond donors (Lipinski definition) is 1. The van der Waals surface area contributed by atoms with E-state index in [4.69, 9.17) is 4.74 Å². The first-order valence-electron chi connectivity index (χ1n) is 6.80. The second-order valence-corrected chi connectivity index (χ2v) is 4.88. The van der Waals surface area contributed by atoms with Crippen molar-refractivity contribution in [1.29, 1.82) is 0 Å². The zero-order valence-corrected chi connectivity index (χ0v) is 11.7. The first kappa shape index (κ1) is 13.6. The van der Waals surface area contributed by atoms with Gasteiger partial charge in [0.25, 0.3) is 5.91 Å². The Hall–Kier alpha value is -2.40. The molecule has 0 bridgehead atoms. The second kappa shape index (κ2) is 5.54. The van der Waals surface area contributed by atoms with Crippen LogP contribution in [0.3, 0.4) is 0 Å². The molecular weight excluding hydrogens is 268 g/mol. The van der Waals surface area contributed by atoms with Gasteiger partial charge in [-0.2, -0.15) is 0 Å². The Balaban J connectivity index is 2.01. The lowest BCUT2D eigenvalue weighted by molar-refractivity contribution is 0.0967. The number of para-hydroxylation sites is 1. The van der Waals surface area contributed by atoms with E-state index < -0.39 is 6.10 Å². The van der Waals surface area contributed by atoms with Gasteiger partial charge in [-0.05, 0) is 24.6 Å². The summed E-state index contributed by atoms with van der Waals surface area (Å²) in [5, 5.41) is 10.1. The molecule has 2 aromatic rings. The number of methoxy groups -OCH3 is 1. The molecule has 1 aromatic carbocycles. The number of hydrogen-bond acceptors (Lipinski definition) is 4. The van der Waals surface area contributed by atoms with Crippen molar-refractivity contribution >= 4 is 11.6 Å². The number of ether oxygens (including phenoxy) is 1.